The first-order chi connectivity index (χ1) is 12.4. The van der Waals surface area contributed by atoms with Gasteiger partial charge in [-0.3, -0.25) is 14.9 Å². The highest BCUT2D eigenvalue weighted by Gasteiger charge is 2.14. The van der Waals surface area contributed by atoms with E-state index in [1.54, 1.807) is 30.3 Å². The molecule has 5 nitrogen and oxygen atoms in total. The second kappa shape index (κ2) is 7.37. The summed E-state index contributed by atoms with van der Waals surface area (Å²) in [5.41, 5.74) is 2.01. The molecule has 0 saturated carbocycles. The number of rotatable bonds is 5. The molecule has 0 amide bonds. The Morgan fingerprint density at radius 1 is 1.12 bits per heavy atom. The van der Waals surface area contributed by atoms with Crippen LogP contribution in [0.1, 0.15) is 21.7 Å². The molecule has 0 saturated heterocycles. The minimum Gasteiger partial charge on any atom is -0.457 e. The van der Waals surface area contributed by atoms with Crippen LogP contribution < -0.4 is 0 Å². The normalized spacial score (nSPS) is 11.0. The molecule has 3 rings (SSSR count). The van der Waals surface area contributed by atoms with Gasteiger partial charge in [-0.2, -0.15) is 0 Å². The van der Waals surface area contributed by atoms with Crippen molar-refractivity contribution in [2.24, 2.45) is 0 Å². The van der Waals surface area contributed by atoms with Crippen molar-refractivity contribution < 1.29 is 14.1 Å². The maximum absolute atomic E-state index is 12.2. The van der Waals surface area contributed by atoms with E-state index in [4.69, 9.17) is 16.0 Å². The summed E-state index contributed by atoms with van der Waals surface area (Å²) < 4.78 is 5.64. The zero-order valence-electron chi connectivity index (χ0n) is 13.8. The summed E-state index contributed by atoms with van der Waals surface area (Å²) in [6, 6.07) is 14.7. The smallest absolute Gasteiger partial charge is 0.270 e. The third kappa shape index (κ3) is 3.90. The number of nitro groups is 1. The lowest BCUT2D eigenvalue weighted by Crippen LogP contribution is -1.93. The third-order valence-corrected chi connectivity index (χ3v) is 4.12. The monoisotopic (exact) mass is 367 g/mol. The predicted molar refractivity (Wildman–Crippen MR) is 100 cm³/mol. The van der Waals surface area contributed by atoms with Gasteiger partial charge < -0.3 is 4.42 Å². The maximum Gasteiger partial charge on any atom is 0.270 e. The van der Waals surface area contributed by atoms with Crippen molar-refractivity contribution in [1.82, 2.24) is 0 Å². The SMILES string of the molecule is Cc1ccc(C(=O)/C=C/c2ccc(-c3cc([N+](=O)[O-])ccc3Cl)o2)cc1. The van der Waals surface area contributed by atoms with Crippen LogP contribution in [0.25, 0.3) is 17.4 Å². The van der Waals surface area contributed by atoms with Crippen molar-refractivity contribution in [3.63, 3.8) is 0 Å². The molecular formula is C20H14ClNO4. The van der Waals surface area contributed by atoms with Crippen LogP contribution in [0.2, 0.25) is 5.02 Å². The number of carbonyl (C=O) groups is 1. The third-order valence-electron chi connectivity index (χ3n) is 3.79. The Kier molecular flexibility index (Phi) is 5.00. The van der Waals surface area contributed by atoms with Crippen LogP contribution in [0.15, 0.2) is 65.1 Å². The summed E-state index contributed by atoms with van der Waals surface area (Å²) in [7, 11) is 0. The minimum absolute atomic E-state index is 0.0764. The van der Waals surface area contributed by atoms with E-state index >= 15 is 0 Å². The molecule has 0 aliphatic rings. The van der Waals surface area contributed by atoms with Crippen LogP contribution in [0.3, 0.4) is 0 Å². The molecule has 0 spiro atoms. The molecule has 1 heterocycles. The average molecular weight is 368 g/mol. The second-order valence-corrected chi connectivity index (χ2v) is 6.09. The van der Waals surface area contributed by atoms with Crippen LogP contribution in [0.5, 0.6) is 0 Å². The molecule has 0 unspecified atom stereocenters. The van der Waals surface area contributed by atoms with Gasteiger partial charge in [-0.05, 0) is 37.3 Å². The lowest BCUT2D eigenvalue weighted by atomic mass is 10.1. The number of benzene rings is 2. The number of halogens is 1. The second-order valence-electron chi connectivity index (χ2n) is 5.69. The lowest BCUT2D eigenvalue weighted by Gasteiger charge is -2.00. The molecule has 0 radical (unpaired) electrons. The molecule has 1 aromatic heterocycles. The highest BCUT2D eigenvalue weighted by atomic mass is 35.5. The molecule has 2 aromatic carbocycles. The first kappa shape index (κ1) is 17.6. The van der Waals surface area contributed by atoms with Crippen LogP contribution in [-0.4, -0.2) is 10.7 Å². The van der Waals surface area contributed by atoms with Gasteiger partial charge in [0.15, 0.2) is 5.78 Å². The van der Waals surface area contributed by atoms with Crippen molar-refractivity contribution in [3.8, 4) is 11.3 Å². The lowest BCUT2D eigenvalue weighted by molar-refractivity contribution is -0.384. The molecule has 26 heavy (non-hydrogen) atoms. The van der Waals surface area contributed by atoms with Gasteiger partial charge >= 0.3 is 0 Å². The molecule has 0 aliphatic carbocycles. The topological polar surface area (TPSA) is 73.3 Å². The number of ketones is 1. The summed E-state index contributed by atoms with van der Waals surface area (Å²) in [5.74, 6) is 0.695. The molecule has 0 atom stereocenters. The Bertz CT molecular complexity index is 1000. The van der Waals surface area contributed by atoms with Gasteiger partial charge in [0, 0.05) is 23.3 Å². The summed E-state index contributed by atoms with van der Waals surface area (Å²) in [6.45, 7) is 1.95. The standard InChI is InChI=1S/C20H14ClNO4/c1-13-2-4-14(5-3-13)19(23)10-7-16-8-11-20(26-16)17-12-15(22(24)25)6-9-18(17)21/h2-12H,1H3/b10-7+. The summed E-state index contributed by atoms with van der Waals surface area (Å²) in [5, 5.41) is 11.3. The van der Waals surface area contributed by atoms with Gasteiger partial charge in [0.25, 0.3) is 5.69 Å². The van der Waals surface area contributed by atoms with Crippen molar-refractivity contribution in [1.29, 1.82) is 0 Å². The van der Waals surface area contributed by atoms with E-state index in [9.17, 15) is 14.9 Å². The highest BCUT2D eigenvalue weighted by Crippen LogP contribution is 2.32. The van der Waals surface area contributed by atoms with Crippen molar-refractivity contribution in [3.05, 3.63) is 92.7 Å². The summed E-state index contributed by atoms with van der Waals surface area (Å²) >= 11 is 6.11. The zero-order valence-corrected chi connectivity index (χ0v) is 14.6. The molecule has 3 aromatic rings. The summed E-state index contributed by atoms with van der Waals surface area (Å²) in [4.78, 5) is 22.6. The number of non-ortho nitro benzene ring substituents is 1. The van der Waals surface area contributed by atoms with Crippen LogP contribution in [0, 0.1) is 17.0 Å². The molecule has 130 valence electrons. The van der Waals surface area contributed by atoms with E-state index in [0.717, 1.165) is 5.56 Å². The number of nitrogens with zero attached hydrogens (tertiary/aromatic N) is 1. The fourth-order valence-electron chi connectivity index (χ4n) is 2.37. The van der Waals surface area contributed by atoms with Gasteiger partial charge in [0.1, 0.15) is 11.5 Å². The Morgan fingerprint density at radius 2 is 1.85 bits per heavy atom. The number of furan rings is 1. The van der Waals surface area contributed by atoms with E-state index in [1.807, 2.05) is 19.1 Å². The average Bonchev–Trinajstić information content (AvgIpc) is 3.09. The quantitative estimate of drug-likeness (QED) is 0.250. The maximum atomic E-state index is 12.2. The number of carbonyl (C=O) groups excluding carboxylic acids is 1. The predicted octanol–water partition coefficient (Wildman–Crippen LogP) is 5.71. The first-order valence-corrected chi connectivity index (χ1v) is 8.15. The number of allylic oxidation sites excluding steroid dienone is 1. The van der Waals surface area contributed by atoms with Crippen molar-refractivity contribution in [2.75, 3.05) is 0 Å². The van der Waals surface area contributed by atoms with E-state index in [2.05, 4.69) is 0 Å². The number of hydrogen-bond donors (Lipinski definition) is 0. The zero-order chi connectivity index (χ0) is 18.7. The van der Waals surface area contributed by atoms with Crippen LogP contribution in [-0.2, 0) is 0 Å². The number of aryl methyl sites for hydroxylation is 1. The molecule has 0 aliphatic heterocycles. The fourth-order valence-corrected chi connectivity index (χ4v) is 2.59. The van der Waals surface area contributed by atoms with Gasteiger partial charge in [-0.1, -0.05) is 41.4 Å². The van der Waals surface area contributed by atoms with E-state index < -0.39 is 4.92 Å². The first-order valence-electron chi connectivity index (χ1n) is 7.77. The molecule has 0 N–H and O–H groups in total. The largest absolute Gasteiger partial charge is 0.457 e. The fraction of sp³-hybridized carbons (Fsp3) is 0.0500. The van der Waals surface area contributed by atoms with Gasteiger partial charge in [0.05, 0.1) is 9.95 Å². The Labute approximate surface area is 154 Å². The minimum atomic E-state index is -0.496. The Hall–Kier alpha value is -3.18. The van der Waals surface area contributed by atoms with Crippen LogP contribution >= 0.6 is 11.6 Å². The van der Waals surface area contributed by atoms with Gasteiger partial charge in [-0.25, -0.2) is 0 Å². The molecule has 0 fully saturated rings. The van der Waals surface area contributed by atoms with Crippen molar-refractivity contribution in [2.45, 2.75) is 6.92 Å². The molecule has 0 bridgehead atoms. The van der Waals surface area contributed by atoms with E-state index in [-0.39, 0.29) is 11.5 Å². The Balaban J connectivity index is 1.82. The van der Waals surface area contributed by atoms with Crippen molar-refractivity contribution >= 4 is 29.1 Å². The van der Waals surface area contributed by atoms with E-state index in [0.29, 0.717) is 27.7 Å². The van der Waals surface area contributed by atoms with Gasteiger partial charge in [-0.15, -0.1) is 0 Å². The van der Waals surface area contributed by atoms with E-state index in [1.165, 1.54) is 24.3 Å². The van der Waals surface area contributed by atoms with Crippen LogP contribution in [0.4, 0.5) is 5.69 Å². The molecular weight excluding hydrogens is 354 g/mol. The summed E-state index contributed by atoms with van der Waals surface area (Å²) in [6.07, 6.45) is 2.97. The number of hydrogen-bond acceptors (Lipinski definition) is 4. The highest BCUT2D eigenvalue weighted by molar-refractivity contribution is 6.33. The molecule has 6 heteroatoms. The number of nitro benzene ring substituents is 1. The Morgan fingerprint density at radius 3 is 2.54 bits per heavy atom. The van der Waals surface area contributed by atoms with Gasteiger partial charge in [0.2, 0.25) is 0 Å².